The van der Waals surface area contributed by atoms with Crippen molar-refractivity contribution in [2.24, 2.45) is 0 Å². The molecule has 3 nitrogen and oxygen atoms in total. The van der Waals surface area contributed by atoms with Gasteiger partial charge in [0.1, 0.15) is 5.76 Å². The number of hydrogen-bond acceptors (Lipinski definition) is 2. The summed E-state index contributed by atoms with van der Waals surface area (Å²) in [5.74, 6) is 0.938. The van der Waals surface area contributed by atoms with Crippen LogP contribution in [0.5, 0.6) is 0 Å². The summed E-state index contributed by atoms with van der Waals surface area (Å²) in [6.45, 7) is 1.52. The van der Waals surface area contributed by atoms with E-state index in [0.29, 0.717) is 6.73 Å². The van der Waals surface area contributed by atoms with Gasteiger partial charge in [0.15, 0.2) is 6.73 Å². The number of nitrogens with one attached hydrogen (secondary N) is 1. The molecule has 0 radical (unpaired) electrons. The second-order valence-electron chi connectivity index (χ2n) is 5.70. The molecule has 0 atom stereocenters. The predicted molar refractivity (Wildman–Crippen MR) is 94.1 cm³/mol. The number of fused-ring (bicyclic) bond motifs is 1. The Kier molecular flexibility index (Phi) is 3.72. The number of benzene rings is 2. The van der Waals surface area contributed by atoms with Gasteiger partial charge in [-0.05, 0) is 30.2 Å². The molecule has 2 heterocycles. The molecule has 1 aliphatic rings. The van der Waals surface area contributed by atoms with Crippen molar-refractivity contribution in [3.8, 4) is 0 Å². The Balaban J connectivity index is 1.47. The molecule has 1 aliphatic heterocycles. The highest BCUT2D eigenvalue weighted by atomic mass is 35.5. The van der Waals surface area contributed by atoms with Crippen LogP contribution in [-0.4, -0.2) is 23.2 Å². The van der Waals surface area contributed by atoms with Crippen LogP contribution in [0.15, 0.2) is 60.9 Å². The second kappa shape index (κ2) is 6.01. The first-order valence-corrected chi connectivity index (χ1v) is 8.07. The standard InChI is InChI=1S/C19H17ClN2O/c20-16-6-7-18-17(10-16)15(11-21-18)8-9-22-12-19(23-13-22)14-4-2-1-3-5-14/h1-7,10-12,21H,8-9,13H2. The quantitative estimate of drug-likeness (QED) is 0.756. The van der Waals surface area contributed by atoms with Crippen molar-refractivity contribution >= 4 is 28.3 Å². The van der Waals surface area contributed by atoms with E-state index in [4.69, 9.17) is 16.3 Å². The normalized spacial score (nSPS) is 14.1. The van der Waals surface area contributed by atoms with E-state index in [-0.39, 0.29) is 0 Å². The maximum absolute atomic E-state index is 6.11. The summed E-state index contributed by atoms with van der Waals surface area (Å²) in [7, 11) is 0. The highest BCUT2D eigenvalue weighted by Gasteiger charge is 2.15. The summed E-state index contributed by atoms with van der Waals surface area (Å²) in [6.07, 6.45) is 5.11. The van der Waals surface area contributed by atoms with Gasteiger partial charge in [0, 0.05) is 40.4 Å². The summed E-state index contributed by atoms with van der Waals surface area (Å²) >= 11 is 6.11. The monoisotopic (exact) mass is 324 g/mol. The summed E-state index contributed by atoms with van der Waals surface area (Å²) < 4.78 is 5.79. The zero-order chi connectivity index (χ0) is 15.6. The number of H-pyrrole nitrogens is 1. The van der Waals surface area contributed by atoms with Crippen LogP contribution in [0.4, 0.5) is 0 Å². The summed E-state index contributed by atoms with van der Waals surface area (Å²) in [6, 6.07) is 16.2. The van der Waals surface area contributed by atoms with Crippen LogP contribution in [0.25, 0.3) is 16.7 Å². The van der Waals surface area contributed by atoms with Crippen molar-refractivity contribution in [1.29, 1.82) is 0 Å². The van der Waals surface area contributed by atoms with Crippen molar-refractivity contribution < 1.29 is 4.74 Å². The van der Waals surface area contributed by atoms with E-state index in [2.05, 4.69) is 34.4 Å². The predicted octanol–water partition coefficient (Wildman–Crippen LogP) is 4.65. The number of halogens is 1. The fourth-order valence-corrected chi connectivity index (χ4v) is 3.08. The summed E-state index contributed by atoms with van der Waals surface area (Å²) in [5.41, 5.74) is 3.53. The van der Waals surface area contributed by atoms with Gasteiger partial charge in [-0.1, -0.05) is 41.9 Å². The number of hydrogen-bond donors (Lipinski definition) is 1. The Morgan fingerprint density at radius 1 is 1.13 bits per heavy atom. The average Bonchev–Trinajstić information content (AvgIpc) is 3.20. The largest absolute Gasteiger partial charge is 0.471 e. The molecule has 4 rings (SSSR count). The molecule has 116 valence electrons. The van der Waals surface area contributed by atoms with Gasteiger partial charge in [-0.25, -0.2) is 0 Å². The van der Waals surface area contributed by atoms with Crippen molar-refractivity contribution in [3.63, 3.8) is 0 Å². The van der Waals surface area contributed by atoms with Crippen LogP contribution >= 0.6 is 11.6 Å². The van der Waals surface area contributed by atoms with Gasteiger partial charge in [0.05, 0.1) is 0 Å². The number of rotatable bonds is 4. The van der Waals surface area contributed by atoms with Crippen LogP contribution in [0.1, 0.15) is 11.1 Å². The lowest BCUT2D eigenvalue weighted by Gasteiger charge is -2.12. The molecule has 0 bridgehead atoms. The Hall–Kier alpha value is -2.39. The molecular weight excluding hydrogens is 308 g/mol. The molecule has 1 aromatic heterocycles. The first-order valence-electron chi connectivity index (χ1n) is 7.69. The second-order valence-corrected chi connectivity index (χ2v) is 6.14. The average molecular weight is 325 g/mol. The molecule has 1 N–H and O–H groups in total. The van der Waals surface area contributed by atoms with Gasteiger partial charge in [-0.2, -0.15) is 0 Å². The van der Waals surface area contributed by atoms with Gasteiger partial charge < -0.3 is 14.6 Å². The summed E-state index contributed by atoms with van der Waals surface area (Å²) in [4.78, 5) is 5.50. The Morgan fingerprint density at radius 2 is 2.00 bits per heavy atom. The minimum absolute atomic E-state index is 0.605. The molecule has 0 unspecified atom stereocenters. The topological polar surface area (TPSA) is 28.3 Å². The lowest BCUT2D eigenvalue weighted by Crippen LogP contribution is -2.18. The van der Waals surface area contributed by atoms with E-state index in [0.717, 1.165) is 34.8 Å². The molecule has 2 aromatic carbocycles. The van der Waals surface area contributed by atoms with Crippen molar-refractivity contribution in [2.45, 2.75) is 6.42 Å². The van der Waals surface area contributed by atoms with Gasteiger partial charge in [0.25, 0.3) is 0 Å². The third-order valence-corrected chi connectivity index (χ3v) is 4.38. The highest BCUT2D eigenvalue weighted by Crippen LogP contribution is 2.25. The maximum atomic E-state index is 6.11. The minimum atomic E-state index is 0.605. The zero-order valence-electron chi connectivity index (χ0n) is 12.6. The molecule has 0 spiro atoms. The third kappa shape index (κ3) is 2.92. The van der Waals surface area contributed by atoms with Gasteiger partial charge >= 0.3 is 0 Å². The number of ether oxygens (including phenoxy) is 1. The van der Waals surface area contributed by atoms with Gasteiger partial charge in [-0.3, -0.25) is 0 Å². The lowest BCUT2D eigenvalue weighted by atomic mass is 10.1. The molecule has 0 saturated carbocycles. The van der Waals surface area contributed by atoms with E-state index in [9.17, 15) is 0 Å². The molecule has 3 aromatic rings. The lowest BCUT2D eigenvalue weighted by molar-refractivity contribution is 0.186. The first-order chi connectivity index (χ1) is 11.3. The first kappa shape index (κ1) is 14.2. The smallest absolute Gasteiger partial charge is 0.161 e. The Morgan fingerprint density at radius 3 is 2.87 bits per heavy atom. The van der Waals surface area contributed by atoms with Gasteiger partial charge in [0.2, 0.25) is 0 Å². The van der Waals surface area contributed by atoms with E-state index < -0.39 is 0 Å². The molecular formula is C19H17ClN2O. The van der Waals surface area contributed by atoms with Crippen molar-refractivity contribution in [1.82, 2.24) is 9.88 Å². The van der Waals surface area contributed by atoms with E-state index in [1.54, 1.807) is 0 Å². The zero-order valence-corrected chi connectivity index (χ0v) is 13.4. The fraction of sp³-hybridized carbons (Fsp3) is 0.158. The molecule has 0 amide bonds. The molecule has 0 fully saturated rings. The van der Waals surface area contributed by atoms with Gasteiger partial charge in [-0.15, -0.1) is 0 Å². The molecule has 23 heavy (non-hydrogen) atoms. The maximum Gasteiger partial charge on any atom is 0.161 e. The van der Waals surface area contributed by atoms with Crippen molar-refractivity contribution in [3.05, 3.63) is 77.1 Å². The SMILES string of the molecule is Clc1ccc2[nH]cc(CCN3C=C(c4ccccc4)OC3)c2c1. The fourth-order valence-electron chi connectivity index (χ4n) is 2.90. The van der Waals surface area contributed by atoms with E-state index in [1.165, 1.54) is 10.9 Å². The number of nitrogens with zero attached hydrogens (tertiary/aromatic N) is 1. The molecule has 0 saturated heterocycles. The van der Waals surface area contributed by atoms with E-state index in [1.807, 2.05) is 36.4 Å². The number of aromatic nitrogens is 1. The van der Waals surface area contributed by atoms with Crippen molar-refractivity contribution in [2.75, 3.05) is 13.3 Å². The minimum Gasteiger partial charge on any atom is -0.471 e. The van der Waals surface area contributed by atoms with Crippen LogP contribution in [0.2, 0.25) is 5.02 Å². The number of aromatic amines is 1. The van der Waals surface area contributed by atoms with E-state index >= 15 is 0 Å². The highest BCUT2D eigenvalue weighted by molar-refractivity contribution is 6.31. The van der Waals surface area contributed by atoms with Crippen LogP contribution in [0.3, 0.4) is 0 Å². The Labute approximate surface area is 140 Å². The molecule has 0 aliphatic carbocycles. The van der Waals surface area contributed by atoms with Crippen LogP contribution < -0.4 is 0 Å². The van der Waals surface area contributed by atoms with Crippen LogP contribution in [0, 0.1) is 0 Å². The molecule has 4 heteroatoms. The third-order valence-electron chi connectivity index (χ3n) is 4.14. The summed E-state index contributed by atoms with van der Waals surface area (Å²) in [5, 5.41) is 1.97. The van der Waals surface area contributed by atoms with Crippen LogP contribution in [-0.2, 0) is 11.2 Å². The Bertz CT molecular complexity index is 854.